The molecule has 0 saturated carbocycles. The van der Waals surface area contributed by atoms with Gasteiger partial charge in [-0.2, -0.15) is 0 Å². The summed E-state index contributed by atoms with van der Waals surface area (Å²) in [7, 11) is 0. The number of ether oxygens (including phenoxy) is 2. The molecule has 2 aliphatic rings. The van der Waals surface area contributed by atoms with Crippen LogP contribution in [0.4, 0.5) is 0 Å². The van der Waals surface area contributed by atoms with Crippen molar-refractivity contribution in [2.24, 2.45) is 22.9 Å². The van der Waals surface area contributed by atoms with Gasteiger partial charge in [-0.15, -0.1) is 40.2 Å². The second-order valence-electron chi connectivity index (χ2n) is 15.1. The van der Waals surface area contributed by atoms with Gasteiger partial charge in [0.15, 0.2) is 10.3 Å². The molecular formula is C52H56Br7Cl2N7O6S2. The molecule has 0 radical (unpaired) electrons. The first kappa shape index (κ1) is 71.1. The van der Waals surface area contributed by atoms with E-state index in [9.17, 15) is 19.5 Å². The number of aliphatic hydroxyl groups excluding tert-OH is 1. The van der Waals surface area contributed by atoms with E-state index in [1.165, 1.54) is 30.2 Å². The maximum absolute atomic E-state index is 12.4. The van der Waals surface area contributed by atoms with Crippen LogP contribution in [0.1, 0.15) is 77.3 Å². The van der Waals surface area contributed by atoms with E-state index in [0.717, 1.165) is 62.3 Å². The van der Waals surface area contributed by atoms with E-state index in [4.69, 9.17) is 49.6 Å². The quantitative estimate of drug-likeness (QED) is 0.0210. The molecule has 2 aliphatic heterocycles. The normalized spacial score (nSPS) is 11.2. The van der Waals surface area contributed by atoms with E-state index in [1.54, 1.807) is 30.3 Å². The third kappa shape index (κ3) is 30.4. The summed E-state index contributed by atoms with van der Waals surface area (Å²) in [4.78, 5) is 35.5. The van der Waals surface area contributed by atoms with Crippen LogP contribution >= 0.6 is 160 Å². The highest BCUT2D eigenvalue weighted by Gasteiger charge is 2.20. The van der Waals surface area contributed by atoms with Crippen LogP contribution in [0.2, 0.25) is 0 Å². The van der Waals surface area contributed by atoms with E-state index in [1.807, 2.05) is 97.1 Å². The van der Waals surface area contributed by atoms with Crippen molar-refractivity contribution in [3.8, 4) is 0 Å². The lowest BCUT2D eigenvalue weighted by Gasteiger charge is -2.11. The van der Waals surface area contributed by atoms with Gasteiger partial charge in [0, 0.05) is 82.1 Å². The summed E-state index contributed by atoms with van der Waals surface area (Å²) in [5.74, 6) is -0.0629. The fraction of sp³-hybridized carbons (Fsp3) is 0.212. The summed E-state index contributed by atoms with van der Waals surface area (Å²) in [6, 6.07) is 39.8. The van der Waals surface area contributed by atoms with E-state index < -0.39 is 0 Å². The highest BCUT2D eigenvalue weighted by molar-refractivity contribution is 9.11. The number of nitrogens with two attached hydrogens (primary N) is 4. The molecule has 24 heteroatoms. The number of rotatable bonds is 10. The minimum atomic E-state index is -0.215. The molecule has 8 rings (SSSR count). The van der Waals surface area contributed by atoms with Crippen molar-refractivity contribution in [2.75, 3.05) is 18.6 Å². The molecule has 0 spiro atoms. The molecule has 2 heterocycles. The molecule has 0 bridgehead atoms. The summed E-state index contributed by atoms with van der Waals surface area (Å²) >= 11 is 34.9. The van der Waals surface area contributed by atoms with Gasteiger partial charge in [-0.3, -0.25) is 15.0 Å². The number of thioether (sulfide) groups is 1. The summed E-state index contributed by atoms with van der Waals surface area (Å²) < 4.78 is 15.6. The standard InChI is InChI=1S/C16H15Br2N3OS.C15H13Br2NO2.C8H5BrO2.C7H8BrN.C4H8O.CH2Cl2.CH4N2S.BrH/c17-12-3-1-10(2-4-12)8-21-15(22)14-6-5-13(18)7-11(14)9-23-16(19)20;16-12-3-1-10(2-4-12)8-18-15(20)14-6-5-13(17)7-11(14)9-19;9-6-1-2-7-5(3-6)4-11-8(7)10;8-7-3-1-6(5-9)2-4-7;1-2-4-5-3-1;2-1-3;2-1(3)4;/h1-7H,8-9H2,(H3,19,20)(H,21,22);1-7,19H,8-9H2,(H,18,20);1-3H,4H2;1-4H,5,9H2;1-4H2;1H2;(H4,2,3,4);1H. The number of aliphatic hydroxyl groups is 1. The van der Waals surface area contributed by atoms with E-state index in [2.05, 4.69) is 130 Å². The molecule has 0 atom stereocenters. The number of benzene rings is 6. The largest absolute Gasteiger partial charge is 0.457 e. The number of amides is 2. The van der Waals surface area contributed by atoms with Gasteiger partial charge in [0.25, 0.3) is 11.8 Å². The molecule has 1 saturated heterocycles. The predicted octanol–water partition coefficient (Wildman–Crippen LogP) is 13.9. The highest BCUT2D eigenvalue weighted by Crippen LogP contribution is 2.24. The van der Waals surface area contributed by atoms with Crippen LogP contribution in [0.3, 0.4) is 0 Å². The van der Waals surface area contributed by atoms with Crippen molar-refractivity contribution in [2.45, 2.75) is 51.4 Å². The Kier molecular flexibility index (Phi) is 38.5. The number of carbonyl (C=O) groups is 3. The lowest BCUT2D eigenvalue weighted by atomic mass is 10.1. The van der Waals surface area contributed by atoms with Gasteiger partial charge < -0.3 is 48.1 Å². The number of hydrogen-bond donors (Lipinski definition) is 8. The zero-order valence-electron chi connectivity index (χ0n) is 40.4. The van der Waals surface area contributed by atoms with Gasteiger partial charge in [0.2, 0.25) is 0 Å². The number of halogens is 9. The monoisotopic (exact) mass is 1560 g/mol. The summed E-state index contributed by atoms with van der Waals surface area (Å²) in [6.45, 7) is 3.77. The second-order valence-corrected chi connectivity index (χ2v) is 22.9. The average Bonchev–Trinajstić information content (AvgIpc) is 4.10. The Morgan fingerprint density at radius 2 is 1.03 bits per heavy atom. The topological polar surface area (TPSA) is 242 Å². The van der Waals surface area contributed by atoms with Crippen LogP contribution in [0.25, 0.3) is 0 Å². The maximum Gasteiger partial charge on any atom is 0.338 e. The number of thiocarbonyl (C=S) groups is 1. The van der Waals surface area contributed by atoms with Gasteiger partial charge in [-0.25, -0.2) is 4.79 Å². The van der Waals surface area contributed by atoms with E-state index in [0.29, 0.717) is 54.2 Å². The van der Waals surface area contributed by atoms with Crippen LogP contribution in [-0.2, 0) is 48.1 Å². The maximum atomic E-state index is 12.4. The SMILES string of the molecule is Br.C1CCOC1.ClCCl.N=C(N)SCc1cc(Br)ccc1C(=O)NCc1ccc(Br)cc1.NC(N)=S.NCc1ccc(Br)cc1.O=C(NCc1ccc(Br)cc1)c1ccc(Br)cc1CO.O=C1OCc2cc(Br)ccc21. The fourth-order valence-corrected chi connectivity index (χ4v) is 8.53. The van der Waals surface area contributed by atoms with Crippen LogP contribution in [0.5, 0.6) is 0 Å². The smallest absolute Gasteiger partial charge is 0.338 e. The van der Waals surface area contributed by atoms with Gasteiger partial charge in [-0.1, -0.05) is 144 Å². The second kappa shape index (κ2) is 41.1. The lowest BCUT2D eigenvalue weighted by molar-refractivity contribution is 0.0534. The van der Waals surface area contributed by atoms with Crippen molar-refractivity contribution in [3.05, 3.63) is 204 Å². The number of fused-ring (bicyclic) bond motifs is 1. The number of nitrogens with one attached hydrogen (secondary N) is 3. The number of esters is 1. The molecule has 0 aliphatic carbocycles. The van der Waals surface area contributed by atoms with Gasteiger partial charge in [-0.05, 0) is 144 Å². The Hall–Kier alpha value is -2.94. The van der Waals surface area contributed by atoms with Gasteiger partial charge in [0.1, 0.15) is 6.61 Å². The van der Waals surface area contributed by atoms with Gasteiger partial charge >= 0.3 is 5.97 Å². The van der Waals surface area contributed by atoms with Crippen molar-refractivity contribution < 1.29 is 29.0 Å². The first-order valence-electron chi connectivity index (χ1n) is 22.1. The van der Waals surface area contributed by atoms with Crippen LogP contribution in [0, 0.1) is 5.41 Å². The summed E-state index contributed by atoms with van der Waals surface area (Å²) in [6.07, 6.45) is 2.56. The summed E-state index contributed by atoms with van der Waals surface area (Å²) in [5, 5.41) is 22.6. The zero-order valence-corrected chi connectivity index (χ0v) is 54.8. The molecule has 12 N–H and O–H groups in total. The number of hydrogen-bond acceptors (Lipinski definition) is 10. The zero-order chi connectivity index (χ0) is 55.7. The summed E-state index contributed by atoms with van der Waals surface area (Å²) in [5.41, 5.74) is 27.4. The molecule has 0 unspecified atom stereocenters. The Morgan fingerprint density at radius 3 is 1.42 bits per heavy atom. The van der Waals surface area contributed by atoms with Crippen molar-refractivity contribution >= 4 is 188 Å². The van der Waals surface area contributed by atoms with Gasteiger partial charge in [0.05, 0.1) is 17.5 Å². The number of carbonyl (C=O) groups excluding carboxylic acids is 3. The van der Waals surface area contributed by atoms with Crippen LogP contribution in [0.15, 0.2) is 154 Å². The highest BCUT2D eigenvalue weighted by atomic mass is 79.9. The van der Waals surface area contributed by atoms with E-state index >= 15 is 0 Å². The Balaban J connectivity index is 0.000000489. The molecule has 6 aromatic rings. The Morgan fingerprint density at radius 1 is 0.645 bits per heavy atom. The van der Waals surface area contributed by atoms with Crippen LogP contribution < -0.4 is 33.6 Å². The van der Waals surface area contributed by atoms with Crippen LogP contribution in [-0.4, -0.2) is 51.7 Å². The third-order valence-corrected chi connectivity index (χ3v) is 13.4. The molecule has 410 valence electrons. The molecule has 76 heavy (non-hydrogen) atoms. The van der Waals surface area contributed by atoms with E-state index in [-0.39, 0.29) is 57.0 Å². The molecule has 2 amide bonds. The minimum absolute atomic E-state index is 0. The molecular weight excluding hydrogens is 1510 g/mol. The first-order valence-corrected chi connectivity index (χ1v) is 29.4. The third-order valence-electron chi connectivity index (χ3n) is 9.53. The molecule has 6 aromatic carbocycles. The molecule has 0 aromatic heterocycles. The number of amidine groups is 1. The van der Waals surface area contributed by atoms with Crippen molar-refractivity contribution in [1.82, 2.24) is 10.6 Å². The first-order chi connectivity index (χ1) is 35.8. The molecule has 1 fully saturated rings. The Labute approximate surface area is 524 Å². The fourth-order valence-electron chi connectivity index (χ4n) is 5.97. The van der Waals surface area contributed by atoms with Crippen molar-refractivity contribution in [3.63, 3.8) is 0 Å². The average molecular weight is 1570 g/mol. The lowest BCUT2D eigenvalue weighted by Crippen LogP contribution is -2.24. The Bertz CT molecular complexity index is 2730. The minimum Gasteiger partial charge on any atom is -0.457 e. The number of alkyl halides is 2. The number of cyclic esters (lactones) is 1. The van der Waals surface area contributed by atoms with Crippen molar-refractivity contribution in [1.29, 1.82) is 5.41 Å². The predicted molar refractivity (Wildman–Crippen MR) is 341 cm³/mol. The molecule has 13 nitrogen and oxygen atoms in total.